The number of aromatic nitrogens is 1. The molecule has 2 aliphatic rings. The molecular weight excluding hydrogens is 505 g/mol. The minimum absolute atomic E-state index is 0.0287. The minimum Gasteiger partial charge on any atom is -0.453 e. The molecule has 1 aromatic carbocycles. The maximum Gasteiger partial charge on any atom is 0.409 e. The molecule has 0 unspecified atom stereocenters. The van der Waals surface area contributed by atoms with Crippen LogP contribution in [0.2, 0.25) is 0 Å². The zero-order valence-corrected chi connectivity index (χ0v) is 23.4. The van der Waals surface area contributed by atoms with Gasteiger partial charge in [0.1, 0.15) is 16.6 Å². The number of nitrogens with zero attached hydrogens (tertiary/aromatic N) is 3. The normalized spacial score (nSPS) is 22.3. The van der Waals surface area contributed by atoms with Crippen molar-refractivity contribution in [3.63, 3.8) is 0 Å². The Bertz CT molecular complexity index is 1140. The number of carbonyl (C=O) groups excluding carboxylic acids is 3. The molecule has 1 amide bonds. The topological polar surface area (TPSA) is 79.8 Å². The number of likely N-dealkylation sites (tertiary alicyclic amines) is 2. The molecule has 0 bridgehead atoms. The average molecular weight is 544 g/mol. The van der Waals surface area contributed by atoms with Gasteiger partial charge in [0.15, 0.2) is 5.78 Å². The van der Waals surface area contributed by atoms with Crippen molar-refractivity contribution >= 4 is 29.0 Å². The Balaban J connectivity index is 1.39. The number of thiazole rings is 1. The summed E-state index contributed by atoms with van der Waals surface area (Å²) in [5.74, 6) is 0.717. The lowest BCUT2D eigenvalue weighted by Crippen LogP contribution is -2.49. The van der Waals surface area contributed by atoms with Gasteiger partial charge in [0.25, 0.3) is 0 Å². The molecule has 0 spiro atoms. The van der Waals surface area contributed by atoms with E-state index in [1.54, 1.807) is 11.8 Å². The van der Waals surface area contributed by atoms with Gasteiger partial charge in [-0.3, -0.25) is 9.59 Å². The minimum atomic E-state index is -0.347. The first-order chi connectivity index (χ1) is 18.2. The van der Waals surface area contributed by atoms with Crippen LogP contribution in [0.25, 0.3) is 0 Å². The third-order valence-electron chi connectivity index (χ3n) is 7.86. The highest BCUT2D eigenvalue weighted by Gasteiger charge is 2.35. The first kappa shape index (κ1) is 28.4. The van der Waals surface area contributed by atoms with Gasteiger partial charge in [-0.1, -0.05) is 12.1 Å². The Hall–Kier alpha value is -2.65. The van der Waals surface area contributed by atoms with Gasteiger partial charge in [-0.15, -0.1) is 11.3 Å². The molecule has 0 aliphatic carbocycles. The van der Waals surface area contributed by atoms with Crippen molar-refractivity contribution in [2.24, 2.45) is 17.8 Å². The lowest BCUT2D eigenvalue weighted by atomic mass is 9.81. The summed E-state index contributed by atoms with van der Waals surface area (Å²) in [7, 11) is 1.39. The summed E-state index contributed by atoms with van der Waals surface area (Å²) in [6.45, 7) is 7.37. The smallest absolute Gasteiger partial charge is 0.409 e. The molecule has 0 radical (unpaired) electrons. The Labute approximate surface area is 228 Å². The standard InChI is InChI=1S/C29H38FN3O4S/c1-19-28(20(2)34)38-27(31-19)15-26(35)14-24-18-33(29(36)37-3)12-10-23(24)17-32-11-4-5-22(16-32)13-21-6-8-25(30)9-7-21/h6-9,22-24H,4-5,10-18H2,1-3H3/t22-,23-,24+/m0/s1. The molecule has 3 heterocycles. The summed E-state index contributed by atoms with van der Waals surface area (Å²) < 4.78 is 18.3. The van der Waals surface area contributed by atoms with Crippen LogP contribution in [-0.4, -0.2) is 72.3 Å². The van der Waals surface area contributed by atoms with Gasteiger partial charge in [0.05, 0.1) is 24.1 Å². The molecular formula is C29H38FN3O4S. The highest BCUT2D eigenvalue weighted by Crippen LogP contribution is 2.31. The van der Waals surface area contributed by atoms with Crippen molar-refractivity contribution < 1.29 is 23.5 Å². The first-order valence-electron chi connectivity index (χ1n) is 13.5. The number of ether oxygens (including phenoxy) is 1. The number of halogens is 1. The highest BCUT2D eigenvalue weighted by molar-refractivity contribution is 7.13. The van der Waals surface area contributed by atoms with Crippen LogP contribution >= 0.6 is 11.3 Å². The van der Waals surface area contributed by atoms with E-state index in [9.17, 15) is 18.8 Å². The monoisotopic (exact) mass is 543 g/mol. The van der Waals surface area contributed by atoms with Crippen LogP contribution in [0.5, 0.6) is 0 Å². The predicted octanol–water partition coefficient (Wildman–Crippen LogP) is 4.95. The SMILES string of the molecule is COC(=O)N1CC[C@@H](CN2CCC[C@@H](Cc3ccc(F)cc3)C2)[C@H](CC(=O)Cc2nc(C)c(C(C)=O)s2)C1. The third-order valence-corrected chi connectivity index (χ3v) is 9.11. The maximum atomic E-state index is 13.3. The Morgan fingerprint density at radius 2 is 1.87 bits per heavy atom. The summed E-state index contributed by atoms with van der Waals surface area (Å²) in [5, 5.41) is 0.676. The van der Waals surface area contributed by atoms with Crippen LogP contribution in [0.1, 0.15) is 58.5 Å². The van der Waals surface area contributed by atoms with E-state index < -0.39 is 0 Å². The second kappa shape index (κ2) is 12.9. The molecule has 9 heteroatoms. The van der Waals surface area contributed by atoms with Crippen LogP contribution in [0.3, 0.4) is 0 Å². The summed E-state index contributed by atoms with van der Waals surface area (Å²) in [6, 6.07) is 6.81. The molecule has 1 aromatic heterocycles. The van der Waals surface area contributed by atoms with Crippen LogP contribution < -0.4 is 0 Å². The fourth-order valence-electron chi connectivity index (χ4n) is 6.00. The first-order valence-corrected chi connectivity index (χ1v) is 14.3. The van der Waals surface area contributed by atoms with Gasteiger partial charge in [-0.2, -0.15) is 0 Å². The highest BCUT2D eigenvalue weighted by atomic mass is 32.1. The average Bonchev–Trinajstić information content (AvgIpc) is 3.26. The number of methoxy groups -OCH3 is 1. The second-order valence-corrected chi connectivity index (χ2v) is 11.9. The largest absolute Gasteiger partial charge is 0.453 e. The van der Waals surface area contributed by atoms with Crippen LogP contribution in [0.15, 0.2) is 24.3 Å². The summed E-state index contributed by atoms with van der Waals surface area (Å²) >= 11 is 1.30. The Morgan fingerprint density at radius 1 is 1.11 bits per heavy atom. The summed E-state index contributed by atoms with van der Waals surface area (Å²) in [4.78, 5) is 46.5. The fraction of sp³-hybridized carbons (Fsp3) is 0.586. The van der Waals surface area contributed by atoms with E-state index in [0.29, 0.717) is 46.9 Å². The van der Waals surface area contributed by atoms with E-state index in [1.165, 1.54) is 43.1 Å². The summed E-state index contributed by atoms with van der Waals surface area (Å²) in [6.07, 6.45) is 4.29. The van der Waals surface area contributed by atoms with Gasteiger partial charge in [-0.25, -0.2) is 14.2 Å². The Morgan fingerprint density at radius 3 is 2.55 bits per heavy atom. The van der Waals surface area contributed by atoms with Crippen molar-refractivity contribution in [1.29, 1.82) is 0 Å². The maximum absolute atomic E-state index is 13.3. The van der Waals surface area contributed by atoms with Gasteiger partial charge < -0.3 is 14.5 Å². The van der Waals surface area contributed by atoms with E-state index in [4.69, 9.17) is 4.74 Å². The number of carbonyl (C=O) groups is 3. The second-order valence-electron chi connectivity index (χ2n) is 10.8. The van der Waals surface area contributed by atoms with E-state index >= 15 is 0 Å². The molecule has 2 aromatic rings. The van der Waals surface area contributed by atoms with E-state index in [1.807, 2.05) is 12.1 Å². The molecule has 4 rings (SSSR count). The quantitative estimate of drug-likeness (QED) is 0.416. The number of piperidine rings is 2. The number of hydrogen-bond acceptors (Lipinski definition) is 7. The van der Waals surface area contributed by atoms with Crippen molar-refractivity contribution in [2.75, 3.05) is 39.8 Å². The van der Waals surface area contributed by atoms with Crippen molar-refractivity contribution in [1.82, 2.24) is 14.8 Å². The van der Waals surface area contributed by atoms with E-state index in [2.05, 4.69) is 9.88 Å². The van der Waals surface area contributed by atoms with Crippen molar-refractivity contribution in [3.8, 4) is 0 Å². The molecule has 0 saturated carbocycles. The lowest BCUT2D eigenvalue weighted by molar-refractivity contribution is -0.120. The third kappa shape index (κ3) is 7.47. The molecule has 2 aliphatic heterocycles. The van der Waals surface area contributed by atoms with E-state index in [0.717, 1.165) is 45.3 Å². The molecule has 0 N–H and O–H groups in total. The number of aryl methyl sites for hydroxylation is 1. The van der Waals surface area contributed by atoms with Crippen molar-refractivity contribution in [2.45, 2.75) is 52.4 Å². The molecule has 38 heavy (non-hydrogen) atoms. The lowest BCUT2D eigenvalue weighted by Gasteiger charge is -2.42. The zero-order chi connectivity index (χ0) is 27.2. The van der Waals surface area contributed by atoms with Crippen LogP contribution in [0.4, 0.5) is 9.18 Å². The number of rotatable bonds is 9. The number of amides is 1. The van der Waals surface area contributed by atoms with Gasteiger partial charge in [-0.05, 0) is 74.6 Å². The Kier molecular flexibility index (Phi) is 9.65. The molecule has 7 nitrogen and oxygen atoms in total. The van der Waals surface area contributed by atoms with Crippen LogP contribution in [0, 0.1) is 30.5 Å². The van der Waals surface area contributed by atoms with Gasteiger partial charge in [0.2, 0.25) is 0 Å². The molecule has 3 atom stereocenters. The van der Waals surface area contributed by atoms with Gasteiger partial charge >= 0.3 is 6.09 Å². The van der Waals surface area contributed by atoms with Gasteiger partial charge in [0, 0.05) is 39.5 Å². The predicted molar refractivity (Wildman–Crippen MR) is 145 cm³/mol. The van der Waals surface area contributed by atoms with E-state index in [-0.39, 0.29) is 35.8 Å². The number of ketones is 2. The summed E-state index contributed by atoms with van der Waals surface area (Å²) in [5.41, 5.74) is 1.84. The number of benzene rings is 1. The zero-order valence-electron chi connectivity index (χ0n) is 22.6. The number of hydrogen-bond donors (Lipinski definition) is 0. The van der Waals surface area contributed by atoms with Crippen LogP contribution in [-0.2, 0) is 22.4 Å². The molecule has 2 fully saturated rings. The molecule has 2 saturated heterocycles. The van der Waals surface area contributed by atoms with Crippen molar-refractivity contribution in [3.05, 3.63) is 51.2 Å². The molecule has 206 valence electrons. The fourth-order valence-corrected chi connectivity index (χ4v) is 6.99. The number of Topliss-reactive ketones (excluding diaryl/α,β-unsaturated/α-hetero) is 2.